The molecule has 0 bridgehead atoms. The van der Waals surface area contributed by atoms with Gasteiger partial charge >= 0.3 is 0 Å². The van der Waals surface area contributed by atoms with Crippen molar-refractivity contribution in [2.45, 2.75) is 17.7 Å². The number of amides is 1. The van der Waals surface area contributed by atoms with Crippen LogP contribution in [0.2, 0.25) is 0 Å². The van der Waals surface area contributed by atoms with Gasteiger partial charge in [0.15, 0.2) is 5.13 Å². The molecule has 2 aromatic carbocycles. The lowest BCUT2D eigenvalue weighted by Gasteiger charge is -2.20. The number of para-hydroxylation sites is 1. The lowest BCUT2D eigenvalue weighted by atomic mass is 10.2. The van der Waals surface area contributed by atoms with Crippen LogP contribution >= 0.6 is 22.7 Å². The van der Waals surface area contributed by atoms with Crippen molar-refractivity contribution in [2.75, 3.05) is 18.4 Å². The Morgan fingerprint density at radius 3 is 2.34 bits per heavy atom. The quantitative estimate of drug-likeness (QED) is 0.341. The van der Waals surface area contributed by atoms with Crippen molar-refractivity contribution in [1.82, 2.24) is 14.3 Å². The predicted molar refractivity (Wildman–Crippen MR) is 134 cm³/mol. The molecule has 2 aromatic heterocycles. The molecule has 0 radical (unpaired) electrons. The first kappa shape index (κ1) is 24.4. The normalized spacial score (nSPS) is 11.3. The summed E-state index contributed by atoms with van der Waals surface area (Å²) in [7, 11) is -3.90. The highest BCUT2D eigenvalue weighted by Crippen LogP contribution is 2.32. The molecule has 1 N–H and O–H groups in total. The van der Waals surface area contributed by atoms with Crippen molar-refractivity contribution in [2.24, 2.45) is 0 Å². The summed E-state index contributed by atoms with van der Waals surface area (Å²) in [6.45, 7) is -0.0203. The number of thiazole rings is 2. The Morgan fingerprint density at radius 2 is 1.69 bits per heavy atom. The van der Waals surface area contributed by atoms with E-state index in [1.165, 1.54) is 46.9 Å². The Kier molecular flexibility index (Phi) is 7.48. The summed E-state index contributed by atoms with van der Waals surface area (Å²) in [6, 6.07) is 17.1. The molecule has 35 heavy (non-hydrogen) atoms. The van der Waals surface area contributed by atoms with Crippen LogP contribution in [0.3, 0.4) is 0 Å². The fraction of sp³-hybridized carbons (Fsp3) is 0.174. The van der Waals surface area contributed by atoms with E-state index in [1.807, 2.05) is 41.8 Å². The van der Waals surface area contributed by atoms with E-state index in [9.17, 15) is 13.2 Å². The highest BCUT2D eigenvalue weighted by atomic mass is 32.2. The van der Waals surface area contributed by atoms with Crippen LogP contribution in [0.25, 0.3) is 20.9 Å². The number of hydrogen-bond donors (Lipinski definition) is 1. The highest BCUT2D eigenvalue weighted by molar-refractivity contribution is 7.89. The van der Waals surface area contributed by atoms with Crippen molar-refractivity contribution in [1.29, 1.82) is 10.5 Å². The van der Waals surface area contributed by atoms with E-state index in [4.69, 9.17) is 10.5 Å². The van der Waals surface area contributed by atoms with Crippen molar-refractivity contribution >= 4 is 54.0 Å². The third-order valence-electron chi connectivity index (χ3n) is 4.94. The summed E-state index contributed by atoms with van der Waals surface area (Å²) >= 11 is 2.79. The van der Waals surface area contributed by atoms with Gasteiger partial charge in [-0.15, -0.1) is 22.7 Å². The van der Waals surface area contributed by atoms with Gasteiger partial charge < -0.3 is 0 Å². The number of sulfonamides is 1. The Morgan fingerprint density at radius 1 is 1.00 bits per heavy atom. The summed E-state index contributed by atoms with van der Waals surface area (Å²) in [5.74, 6) is -0.426. The third-order valence-corrected chi connectivity index (χ3v) is 8.67. The van der Waals surface area contributed by atoms with E-state index in [1.54, 1.807) is 0 Å². The van der Waals surface area contributed by atoms with Crippen molar-refractivity contribution in [3.05, 3.63) is 59.5 Å². The zero-order valence-electron chi connectivity index (χ0n) is 18.2. The van der Waals surface area contributed by atoms with Gasteiger partial charge in [0.1, 0.15) is 10.7 Å². The molecule has 0 saturated carbocycles. The SMILES string of the molecule is N#CCCN(CCC#N)S(=O)(=O)c1ccc(C(=O)Nc2nc(-c3nc4ccccc4s3)cs2)cc1. The van der Waals surface area contributed by atoms with Crippen molar-refractivity contribution < 1.29 is 13.2 Å². The molecule has 4 rings (SSSR count). The van der Waals surface area contributed by atoms with Crippen LogP contribution in [-0.2, 0) is 10.0 Å². The van der Waals surface area contributed by atoms with Crippen molar-refractivity contribution in [3.63, 3.8) is 0 Å². The van der Waals surface area contributed by atoms with Crippen LogP contribution in [-0.4, -0.2) is 41.7 Å². The lowest BCUT2D eigenvalue weighted by Crippen LogP contribution is -2.32. The predicted octanol–water partition coefficient (Wildman–Crippen LogP) is 4.49. The largest absolute Gasteiger partial charge is 0.298 e. The molecule has 0 aliphatic heterocycles. The van der Waals surface area contributed by atoms with E-state index in [-0.39, 0.29) is 36.4 Å². The minimum absolute atomic E-state index is 0.0101. The molecule has 0 atom stereocenters. The van der Waals surface area contributed by atoms with Gasteiger partial charge in [0, 0.05) is 36.9 Å². The van der Waals surface area contributed by atoms with E-state index < -0.39 is 15.9 Å². The average molecular weight is 523 g/mol. The number of rotatable bonds is 9. The van der Waals surface area contributed by atoms with Crippen LogP contribution in [0.1, 0.15) is 23.2 Å². The topological polar surface area (TPSA) is 140 Å². The Balaban J connectivity index is 1.46. The second kappa shape index (κ2) is 10.7. The van der Waals surface area contributed by atoms with Crippen LogP contribution in [0.15, 0.2) is 58.8 Å². The summed E-state index contributed by atoms with van der Waals surface area (Å²) in [4.78, 5) is 21.7. The first-order valence-electron chi connectivity index (χ1n) is 10.4. The number of benzene rings is 2. The van der Waals surface area contributed by atoms with Gasteiger partial charge in [0.25, 0.3) is 5.91 Å². The molecule has 9 nitrogen and oxygen atoms in total. The van der Waals surface area contributed by atoms with Crippen LogP contribution in [0.4, 0.5) is 5.13 Å². The van der Waals surface area contributed by atoms with Gasteiger partial charge in [-0.25, -0.2) is 18.4 Å². The number of fused-ring (bicyclic) bond motifs is 1. The number of hydrogen-bond acceptors (Lipinski definition) is 9. The molecule has 0 saturated heterocycles. The molecule has 0 spiro atoms. The Hall–Kier alpha value is -3.68. The molecule has 4 aromatic rings. The maximum Gasteiger partial charge on any atom is 0.257 e. The van der Waals surface area contributed by atoms with Gasteiger partial charge in [-0.2, -0.15) is 14.8 Å². The molecule has 0 aliphatic carbocycles. The number of nitriles is 2. The summed E-state index contributed by atoms with van der Waals surface area (Å²) in [5, 5.41) is 23.3. The monoisotopic (exact) mass is 522 g/mol. The second-order valence-electron chi connectivity index (χ2n) is 7.22. The fourth-order valence-electron chi connectivity index (χ4n) is 3.21. The molecule has 0 aliphatic rings. The maximum absolute atomic E-state index is 12.9. The molecular formula is C23H18N6O3S3. The third kappa shape index (κ3) is 5.53. The Bertz CT molecular complexity index is 1490. The number of anilines is 1. The van der Waals surface area contributed by atoms with E-state index in [0.717, 1.165) is 19.5 Å². The average Bonchev–Trinajstić information content (AvgIpc) is 3.51. The smallest absolute Gasteiger partial charge is 0.257 e. The van der Waals surface area contributed by atoms with Crippen LogP contribution in [0, 0.1) is 22.7 Å². The van der Waals surface area contributed by atoms with E-state index >= 15 is 0 Å². The second-order valence-corrected chi connectivity index (χ2v) is 11.1. The number of nitrogens with one attached hydrogen (secondary N) is 1. The fourth-order valence-corrected chi connectivity index (χ4v) is 6.34. The number of nitrogens with zero attached hydrogens (tertiary/aromatic N) is 5. The van der Waals surface area contributed by atoms with E-state index in [0.29, 0.717) is 10.8 Å². The van der Waals surface area contributed by atoms with Crippen LogP contribution in [0.5, 0.6) is 0 Å². The van der Waals surface area contributed by atoms with Gasteiger partial charge in [-0.3, -0.25) is 10.1 Å². The van der Waals surface area contributed by atoms with Gasteiger partial charge in [-0.05, 0) is 36.4 Å². The summed E-state index contributed by atoms with van der Waals surface area (Å²) < 4.78 is 28.0. The summed E-state index contributed by atoms with van der Waals surface area (Å²) in [5.41, 5.74) is 1.82. The number of aromatic nitrogens is 2. The van der Waals surface area contributed by atoms with Crippen molar-refractivity contribution in [3.8, 4) is 22.8 Å². The zero-order valence-corrected chi connectivity index (χ0v) is 20.7. The molecule has 12 heteroatoms. The molecule has 1 amide bonds. The highest BCUT2D eigenvalue weighted by Gasteiger charge is 2.24. The zero-order chi connectivity index (χ0) is 24.8. The molecule has 2 heterocycles. The standard InChI is InChI=1S/C23H18N6O3S3/c24-11-3-13-29(14-4-12-25)35(31,32)17-9-7-16(8-10-17)21(30)28-23-27-19(15-33-23)22-26-18-5-1-2-6-20(18)34-22/h1-2,5-10,15H,3-4,13-14H2,(H,27,28,30). The number of carbonyl (C=O) groups is 1. The van der Waals surface area contributed by atoms with E-state index in [2.05, 4.69) is 15.3 Å². The van der Waals surface area contributed by atoms with Gasteiger partial charge in [-0.1, -0.05) is 12.1 Å². The minimum Gasteiger partial charge on any atom is -0.298 e. The molecule has 176 valence electrons. The number of carbonyl (C=O) groups excluding carboxylic acids is 1. The first-order valence-corrected chi connectivity index (χ1v) is 13.5. The van der Waals surface area contributed by atoms with Gasteiger partial charge in [0.2, 0.25) is 10.0 Å². The molecular weight excluding hydrogens is 504 g/mol. The van der Waals surface area contributed by atoms with Gasteiger partial charge in [0.05, 0.1) is 27.3 Å². The molecule has 0 unspecified atom stereocenters. The summed E-state index contributed by atoms with van der Waals surface area (Å²) in [6.07, 6.45) is 0.0237. The molecule has 0 fully saturated rings. The van der Waals surface area contributed by atoms with Crippen LogP contribution < -0.4 is 5.32 Å². The maximum atomic E-state index is 12.9. The Labute approximate surface area is 210 Å². The first-order chi connectivity index (χ1) is 16.9. The minimum atomic E-state index is -3.90. The lowest BCUT2D eigenvalue weighted by molar-refractivity contribution is 0.102.